The van der Waals surface area contributed by atoms with Crippen LogP contribution in [0.25, 0.3) is 0 Å². The first-order chi connectivity index (χ1) is 9.48. The van der Waals surface area contributed by atoms with Gasteiger partial charge in [0.1, 0.15) is 0 Å². The third-order valence-electron chi connectivity index (χ3n) is 3.13. The van der Waals surface area contributed by atoms with E-state index < -0.39 is 10.0 Å². The Labute approximate surface area is 123 Å². The normalized spacial score (nSPS) is 13.2. The molecule has 1 rings (SSSR count). The molecule has 0 aliphatic carbocycles. The summed E-state index contributed by atoms with van der Waals surface area (Å²) in [6.07, 6.45) is 2.64. The van der Waals surface area contributed by atoms with E-state index in [1.165, 1.54) is 0 Å². The highest BCUT2D eigenvalue weighted by Gasteiger charge is 2.11. The van der Waals surface area contributed by atoms with Crippen LogP contribution in [0.5, 0.6) is 0 Å². The summed E-state index contributed by atoms with van der Waals surface area (Å²) >= 11 is 0. The number of rotatable bonds is 9. The number of sulfonamides is 1. The molecule has 0 bridgehead atoms. The number of benzene rings is 1. The maximum Gasteiger partial charge on any atom is 0.232 e. The highest BCUT2D eigenvalue weighted by atomic mass is 32.2. The minimum atomic E-state index is -3.23. The topological polar surface area (TPSA) is 58.2 Å². The van der Waals surface area contributed by atoms with Crippen LogP contribution in [-0.2, 0) is 10.0 Å². The van der Waals surface area contributed by atoms with E-state index in [0.717, 1.165) is 24.9 Å². The number of hydrogen-bond acceptors (Lipinski definition) is 3. The molecule has 0 aromatic heterocycles. The van der Waals surface area contributed by atoms with E-state index in [2.05, 4.69) is 23.9 Å². The Morgan fingerprint density at radius 3 is 2.60 bits per heavy atom. The molecule has 0 radical (unpaired) electrons. The van der Waals surface area contributed by atoms with Crippen LogP contribution >= 0.6 is 0 Å². The third kappa shape index (κ3) is 5.92. The smallest absolute Gasteiger partial charge is 0.232 e. The predicted molar refractivity (Wildman–Crippen MR) is 85.5 cm³/mol. The zero-order valence-corrected chi connectivity index (χ0v) is 13.5. The van der Waals surface area contributed by atoms with Crippen molar-refractivity contribution < 1.29 is 8.42 Å². The van der Waals surface area contributed by atoms with E-state index in [-0.39, 0.29) is 11.8 Å². The molecule has 0 amide bonds. The molecule has 1 aromatic rings. The highest BCUT2D eigenvalue weighted by Crippen LogP contribution is 2.18. The SMILES string of the molecule is CCCCS(=O)(=O)Nc1cccc(C(C)NCCC)c1. The lowest BCUT2D eigenvalue weighted by Gasteiger charge is -2.15. The second-order valence-electron chi connectivity index (χ2n) is 5.08. The lowest BCUT2D eigenvalue weighted by Crippen LogP contribution is -2.20. The lowest BCUT2D eigenvalue weighted by atomic mass is 10.1. The number of hydrogen-bond donors (Lipinski definition) is 2. The number of nitrogens with one attached hydrogen (secondary N) is 2. The minimum absolute atomic E-state index is 0.178. The van der Waals surface area contributed by atoms with Crippen LogP contribution in [0.2, 0.25) is 0 Å². The summed E-state index contributed by atoms with van der Waals surface area (Å²) in [6, 6.07) is 7.81. The van der Waals surface area contributed by atoms with Crippen LogP contribution < -0.4 is 10.0 Å². The second-order valence-corrected chi connectivity index (χ2v) is 6.92. The van der Waals surface area contributed by atoms with Crippen LogP contribution in [-0.4, -0.2) is 20.7 Å². The number of unbranched alkanes of at least 4 members (excludes halogenated alkanes) is 1. The Morgan fingerprint density at radius 2 is 1.95 bits per heavy atom. The fraction of sp³-hybridized carbons (Fsp3) is 0.600. The van der Waals surface area contributed by atoms with E-state index in [1.54, 1.807) is 6.07 Å². The summed E-state index contributed by atoms with van der Waals surface area (Å²) in [5.74, 6) is 0.178. The van der Waals surface area contributed by atoms with Crippen molar-refractivity contribution in [2.24, 2.45) is 0 Å². The molecule has 0 saturated heterocycles. The van der Waals surface area contributed by atoms with Gasteiger partial charge in [0.05, 0.1) is 5.75 Å². The maximum atomic E-state index is 11.9. The summed E-state index contributed by atoms with van der Waals surface area (Å²) < 4.78 is 26.4. The minimum Gasteiger partial charge on any atom is -0.310 e. The fourth-order valence-electron chi connectivity index (χ4n) is 1.92. The molecular weight excluding hydrogens is 272 g/mol. The van der Waals surface area contributed by atoms with Crippen molar-refractivity contribution in [2.45, 2.75) is 46.1 Å². The zero-order valence-electron chi connectivity index (χ0n) is 12.6. The van der Waals surface area contributed by atoms with Gasteiger partial charge in [-0.1, -0.05) is 32.4 Å². The van der Waals surface area contributed by atoms with Gasteiger partial charge in [0, 0.05) is 11.7 Å². The molecular formula is C15H26N2O2S. The van der Waals surface area contributed by atoms with Crippen LogP contribution in [0, 0.1) is 0 Å². The van der Waals surface area contributed by atoms with Gasteiger partial charge < -0.3 is 5.32 Å². The van der Waals surface area contributed by atoms with Gasteiger partial charge in [0.25, 0.3) is 0 Å². The van der Waals surface area contributed by atoms with Crippen LogP contribution in [0.1, 0.15) is 51.6 Å². The summed E-state index contributed by atoms with van der Waals surface area (Å²) in [4.78, 5) is 0. The fourth-order valence-corrected chi connectivity index (χ4v) is 3.17. The van der Waals surface area contributed by atoms with E-state index in [0.29, 0.717) is 12.1 Å². The van der Waals surface area contributed by atoms with Crippen molar-refractivity contribution in [1.82, 2.24) is 5.32 Å². The Hall–Kier alpha value is -1.07. The van der Waals surface area contributed by atoms with Gasteiger partial charge in [-0.15, -0.1) is 0 Å². The van der Waals surface area contributed by atoms with Gasteiger partial charge >= 0.3 is 0 Å². The molecule has 2 N–H and O–H groups in total. The summed E-state index contributed by atoms with van der Waals surface area (Å²) in [6.45, 7) is 7.14. The Balaban J connectivity index is 2.73. The van der Waals surface area contributed by atoms with Crippen LogP contribution in [0.3, 0.4) is 0 Å². The molecule has 0 heterocycles. The average Bonchev–Trinajstić information content (AvgIpc) is 2.42. The van der Waals surface area contributed by atoms with Crippen molar-refractivity contribution in [3.05, 3.63) is 29.8 Å². The van der Waals surface area contributed by atoms with Gasteiger partial charge in [0.15, 0.2) is 0 Å². The van der Waals surface area contributed by atoms with Crippen molar-refractivity contribution >= 4 is 15.7 Å². The quantitative estimate of drug-likeness (QED) is 0.735. The van der Waals surface area contributed by atoms with Gasteiger partial charge in [-0.3, -0.25) is 4.72 Å². The molecule has 1 atom stereocenters. The van der Waals surface area contributed by atoms with Crippen molar-refractivity contribution in [3.8, 4) is 0 Å². The third-order valence-corrected chi connectivity index (χ3v) is 4.50. The summed E-state index contributed by atoms with van der Waals surface area (Å²) in [7, 11) is -3.23. The van der Waals surface area contributed by atoms with Crippen molar-refractivity contribution in [1.29, 1.82) is 0 Å². The molecule has 1 aromatic carbocycles. The molecule has 0 saturated carbocycles. The first kappa shape index (κ1) is 17.0. The molecule has 5 heteroatoms. The maximum absolute atomic E-state index is 11.9. The molecule has 20 heavy (non-hydrogen) atoms. The predicted octanol–water partition coefficient (Wildman–Crippen LogP) is 3.29. The van der Waals surface area contributed by atoms with Crippen molar-refractivity contribution in [2.75, 3.05) is 17.0 Å². The largest absolute Gasteiger partial charge is 0.310 e. The Morgan fingerprint density at radius 1 is 1.20 bits per heavy atom. The van der Waals surface area contributed by atoms with Gasteiger partial charge in [-0.25, -0.2) is 8.42 Å². The average molecular weight is 298 g/mol. The van der Waals surface area contributed by atoms with Gasteiger partial charge in [-0.05, 0) is 44.0 Å². The van der Waals surface area contributed by atoms with Crippen molar-refractivity contribution in [3.63, 3.8) is 0 Å². The molecule has 114 valence electrons. The summed E-state index contributed by atoms with van der Waals surface area (Å²) in [5.41, 5.74) is 1.73. The molecule has 1 unspecified atom stereocenters. The first-order valence-electron chi connectivity index (χ1n) is 7.32. The molecule has 0 spiro atoms. The van der Waals surface area contributed by atoms with E-state index in [9.17, 15) is 8.42 Å². The lowest BCUT2D eigenvalue weighted by molar-refractivity contribution is 0.571. The first-order valence-corrected chi connectivity index (χ1v) is 8.97. The van der Waals surface area contributed by atoms with Gasteiger partial charge in [0.2, 0.25) is 10.0 Å². The Kier molecular flexibility index (Phi) is 7.02. The van der Waals surface area contributed by atoms with Crippen LogP contribution in [0.15, 0.2) is 24.3 Å². The Bertz CT molecular complexity index is 500. The molecule has 0 aliphatic heterocycles. The standard InChI is InChI=1S/C15H26N2O2S/c1-4-6-11-20(18,19)17-15-9-7-8-14(12-15)13(3)16-10-5-2/h7-9,12-13,16-17H,4-6,10-11H2,1-3H3. The summed E-state index contributed by atoms with van der Waals surface area (Å²) in [5, 5.41) is 3.40. The van der Waals surface area contributed by atoms with E-state index in [4.69, 9.17) is 0 Å². The van der Waals surface area contributed by atoms with Gasteiger partial charge in [-0.2, -0.15) is 0 Å². The van der Waals surface area contributed by atoms with Crippen LogP contribution in [0.4, 0.5) is 5.69 Å². The van der Waals surface area contributed by atoms with E-state index in [1.807, 2.05) is 25.1 Å². The molecule has 0 fully saturated rings. The number of anilines is 1. The molecule has 0 aliphatic rings. The zero-order chi connectivity index (χ0) is 15.0. The highest BCUT2D eigenvalue weighted by molar-refractivity contribution is 7.92. The second kappa shape index (κ2) is 8.27. The monoisotopic (exact) mass is 298 g/mol. The van der Waals surface area contributed by atoms with E-state index >= 15 is 0 Å². The molecule has 4 nitrogen and oxygen atoms in total.